The molecule has 0 amide bonds. The monoisotopic (exact) mass is 281 g/mol. The molecular weight excluding hydrogens is 262 g/mol. The summed E-state index contributed by atoms with van der Waals surface area (Å²) < 4.78 is 2.10. The quantitative estimate of drug-likeness (QED) is 0.799. The van der Waals surface area contributed by atoms with Crippen molar-refractivity contribution in [3.05, 3.63) is 47.7 Å². The standard InChI is InChI=1S/C17H19N3O/c1-12-10-15-17(18-11-12)20(8-5-9-21)16(19-15)14-7-4-3-6-13(14)2/h3-4,6-7,10-11,21H,5,8-9H2,1-2H3. The smallest absolute Gasteiger partial charge is 0.160 e. The molecule has 0 saturated heterocycles. The van der Waals surface area contributed by atoms with E-state index in [1.165, 1.54) is 5.56 Å². The largest absolute Gasteiger partial charge is 0.396 e. The zero-order chi connectivity index (χ0) is 14.8. The van der Waals surface area contributed by atoms with E-state index in [1.54, 1.807) is 0 Å². The Bertz CT molecular complexity index is 777. The number of pyridine rings is 1. The highest BCUT2D eigenvalue weighted by Gasteiger charge is 2.14. The third-order valence-electron chi connectivity index (χ3n) is 3.65. The summed E-state index contributed by atoms with van der Waals surface area (Å²) in [7, 11) is 0. The van der Waals surface area contributed by atoms with Crippen LogP contribution in [0.1, 0.15) is 17.5 Å². The van der Waals surface area contributed by atoms with E-state index >= 15 is 0 Å². The van der Waals surface area contributed by atoms with Gasteiger partial charge < -0.3 is 9.67 Å². The number of benzene rings is 1. The molecule has 21 heavy (non-hydrogen) atoms. The minimum Gasteiger partial charge on any atom is -0.396 e. The molecule has 0 spiro atoms. The summed E-state index contributed by atoms with van der Waals surface area (Å²) in [6, 6.07) is 10.3. The molecule has 0 bridgehead atoms. The van der Waals surface area contributed by atoms with Gasteiger partial charge in [0.25, 0.3) is 0 Å². The molecule has 4 nitrogen and oxygen atoms in total. The Morgan fingerprint density at radius 1 is 1.19 bits per heavy atom. The zero-order valence-corrected chi connectivity index (χ0v) is 12.4. The van der Waals surface area contributed by atoms with Crippen molar-refractivity contribution in [2.24, 2.45) is 0 Å². The van der Waals surface area contributed by atoms with Crippen molar-refractivity contribution in [1.29, 1.82) is 0 Å². The van der Waals surface area contributed by atoms with Gasteiger partial charge in [-0.15, -0.1) is 0 Å². The number of fused-ring (bicyclic) bond motifs is 1. The van der Waals surface area contributed by atoms with Gasteiger partial charge in [0.1, 0.15) is 11.3 Å². The molecular formula is C17H19N3O. The summed E-state index contributed by atoms with van der Waals surface area (Å²) in [5, 5.41) is 9.14. The number of nitrogens with zero attached hydrogens (tertiary/aromatic N) is 3. The number of hydrogen-bond donors (Lipinski definition) is 1. The number of imidazole rings is 1. The maximum absolute atomic E-state index is 9.14. The summed E-state index contributed by atoms with van der Waals surface area (Å²) in [5.74, 6) is 0.926. The number of aryl methyl sites for hydroxylation is 3. The molecule has 3 rings (SSSR count). The molecule has 2 heterocycles. The van der Waals surface area contributed by atoms with Gasteiger partial charge in [-0.05, 0) is 37.5 Å². The first-order valence-electron chi connectivity index (χ1n) is 7.20. The predicted molar refractivity (Wildman–Crippen MR) is 84.1 cm³/mol. The first kappa shape index (κ1) is 13.8. The lowest BCUT2D eigenvalue weighted by molar-refractivity contribution is 0.280. The first-order valence-corrected chi connectivity index (χ1v) is 7.20. The molecule has 0 unspecified atom stereocenters. The van der Waals surface area contributed by atoms with Crippen molar-refractivity contribution in [2.75, 3.05) is 6.61 Å². The van der Waals surface area contributed by atoms with Crippen LogP contribution in [0.4, 0.5) is 0 Å². The Labute approximate surface area is 124 Å². The second-order valence-corrected chi connectivity index (χ2v) is 5.33. The molecule has 0 saturated carbocycles. The van der Waals surface area contributed by atoms with Crippen molar-refractivity contribution in [1.82, 2.24) is 14.5 Å². The molecule has 0 atom stereocenters. The Morgan fingerprint density at radius 3 is 2.76 bits per heavy atom. The lowest BCUT2D eigenvalue weighted by atomic mass is 10.1. The molecule has 0 radical (unpaired) electrons. The summed E-state index contributed by atoms with van der Waals surface area (Å²) in [4.78, 5) is 9.30. The molecule has 1 N–H and O–H groups in total. The van der Waals surface area contributed by atoms with Gasteiger partial charge in [0.2, 0.25) is 0 Å². The van der Waals surface area contributed by atoms with Crippen molar-refractivity contribution in [3.8, 4) is 11.4 Å². The lowest BCUT2D eigenvalue weighted by Gasteiger charge is -2.09. The van der Waals surface area contributed by atoms with E-state index in [9.17, 15) is 0 Å². The Morgan fingerprint density at radius 2 is 2.00 bits per heavy atom. The Kier molecular flexibility index (Phi) is 3.71. The van der Waals surface area contributed by atoms with Crippen LogP contribution in [0.25, 0.3) is 22.6 Å². The highest BCUT2D eigenvalue weighted by Crippen LogP contribution is 2.26. The van der Waals surface area contributed by atoms with Crippen LogP contribution in [-0.2, 0) is 6.54 Å². The maximum atomic E-state index is 9.14. The second-order valence-electron chi connectivity index (χ2n) is 5.33. The summed E-state index contributed by atoms with van der Waals surface area (Å²) in [6.07, 6.45) is 2.56. The fourth-order valence-corrected chi connectivity index (χ4v) is 2.58. The van der Waals surface area contributed by atoms with Crippen LogP contribution in [0, 0.1) is 13.8 Å². The average Bonchev–Trinajstić information content (AvgIpc) is 2.83. The molecule has 1 aromatic carbocycles. The highest BCUT2D eigenvalue weighted by atomic mass is 16.3. The average molecular weight is 281 g/mol. The SMILES string of the molecule is Cc1cnc2c(c1)nc(-c1ccccc1C)n2CCCO. The lowest BCUT2D eigenvalue weighted by Crippen LogP contribution is -2.04. The van der Waals surface area contributed by atoms with Gasteiger partial charge in [0.05, 0.1) is 0 Å². The Hall–Kier alpha value is -2.20. The molecule has 2 aromatic heterocycles. The van der Waals surface area contributed by atoms with Gasteiger partial charge in [-0.3, -0.25) is 0 Å². The van der Waals surface area contributed by atoms with E-state index < -0.39 is 0 Å². The van der Waals surface area contributed by atoms with Gasteiger partial charge in [-0.1, -0.05) is 24.3 Å². The number of aliphatic hydroxyl groups excluding tert-OH is 1. The fraction of sp³-hybridized carbons (Fsp3) is 0.294. The zero-order valence-electron chi connectivity index (χ0n) is 12.4. The van der Waals surface area contributed by atoms with Crippen LogP contribution < -0.4 is 0 Å². The van der Waals surface area contributed by atoms with Crippen LogP contribution in [0.3, 0.4) is 0 Å². The van der Waals surface area contributed by atoms with Gasteiger partial charge >= 0.3 is 0 Å². The van der Waals surface area contributed by atoms with E-state index in [0.717, 1.165) is 28.1 Å². The first-order chi connectivity index (χ1) is 10.2. The molecule has 4 heteroatoms. The molecule has 0 aliphatic carbocycles. The minimum atomic E-state index is 0.165. The van der Waals surface area contributed by atoms with E-state index in [0.29, 0.717) is 13.0 Å². The van der Waals surface area contributed by atoms with Crippen LogP contribution in [-0.4, -0.2) is 26.2 Å². The maximum Gasteiger partial charge on any atom is 0.160 e. The molecule has 3 aromatic rings. The van der Waals surface area contributed by atoms with Crippen LogP contribution in [0.5, 0.6) is 0 Å². The van der Waals surface area contributed by atoms with E-state index in [4.69, 9.17) is 10.1 Å². The highest BCUT2D eigenvalue weighted by molar-refractivity contribution is 5.78. The van der Waals surface area contributed by atoms with Crippen molar-refractivity contribution >= 4 is 11.2 Å². The van der Waals surface area contributed by atoms with Gasteiger partial charge in [-0.25, -0.2) is 9.97 Å². The molecule has 0 aliphatic rings. The van der Waals surface area contributed by atoms with Crippen molar-refractivity contribution in [3.63, 3.8) is 0 Å². The van der Waals surface area contributed by atoms with Crippen LogP contribution in [0.2, 0.25) is 0 Å². The predicted octanol–water partition coefficient (Wildman–Crippen LogP) is 3.10. The van der Waals surface area contributed by atoms with Crippen LogP contribution in [0.15, 0.2) is 36.5 Å². The number of rotatable bonds is 4. The summed E-state index contributed by atoms with van der Waals surface area (Å²) in [5.41, 5.74) is 5.20. The minimum absolute atomic E-state index is 0.165. The molecule has 108 valence electrons. The van der Waals surface area contributed by atoms with Crippen LogP contribution >= 0.6 is 0 Å². The number of aromatic nitrogens is 3. The van der Waals surface area contributed by atoms with Gasteiger partial charge in [0, 0.05) is 24.9 Å². The fourth-order valence-electron chi connectivity index (χ4n) is 2.58. The molecule has 0 fully saturated rings. The summed E-state index contributed by atoms with van der Waals surface area (Å²) in [6.45, 7) is 4.99. The van der Waals surface area contributed by atoms with Gasteiger partial charge in [-0.2, -0.15) is 0 Å². The molecule has 0 aliphatic heterocycles. The third kappa shape index (κ3) is 2.54. The second kappa shape index (κ2) is 5.66. The number of hydrogen-bond acceptors (Lipinski definition) is 3. The van der Waals surface area contributed by atoms with Crippen molar-refractivity contribution in [2.45, 2.75) is 26.8 Å². The Balaban J connectivity index is 2.23. The number of aliphatic hydroxyl groups is 1. The van der Waals surface area contributed by atoms with Gasteiger partial charge in [0.15, 0.2) is 5.65 Å². The summed E-state index contributed by atoms with van der Waals surface area (Å²) >= 11 is 0. The van der Waals surface area contributed by atoms with E-state index in [1.807, 2.05) is 25.3 Å². The van der Waals surface area contributed by atoms with Crippen molar-refractivity contribution < 1.29 is 5.11 Å². The van der Waals surface area contributed by atoms with E-state index in [2.05, 4.69) is 34.7 Å². The van der Waals surface area contributed by atoms with E-state index in [-0.39, 0.29) is 6.61 Å². The normalized spacial score (nSPS) is 11.2. The topological polar surface area (TPSA) is 50.9 Å². The third-order valence-corrected chi connectivity index (χ3v) is 3.65.